The largest absolute Gasteiger partial charge is 0.296 e. The van der Waals surface area contributed by atoms with E-state index in [1.54, 1.807) is 60.7 Å². The fraction of sp³-hybridized carbons (Fsp3) is 0.667. The summed E-state index contributed by atoms with van der Waals surface area (Å²) in [6.45, 7) is 5.04. The van der Waals surface area contributed by atoms with Gasteiger partial charge in [-0.05, 0) is 37.1 Å². The van der Waals surface area contributed by atoms with E-state index in [0.717, 1.165) is 25.7 Å². The van der Waals surface area contributed by atoms with Gasteiger partial charge in [-0.1, -0.05) is 166 Å². The van der Waals surface area contributed by atoms with Crippen molar-refractivity contribution in [3.63, 3.8) is 0 Å². The maximum absolute atomic E-state index is 11.9. The van der Waals surface area contributed by atoms with Crippen molar-refractivity contribution in [2.24, 2.45) is 0 Å². The van der Waals surface area contributed by atoms with Crippen molar-refractivity contribution in [2.75, 3.05) is 13.2 Å². The molecule has 0 atom stereocenters. The van der Waals surface area contributed by atoms with Gasteiger partial charge in [-0.25, -0.2) is 0 Å². The molecule has 0 saturated carbocycles. The first-order valence-electron chi connectivity index (χ1n) is 17.2. The van der Waals surface area contributed by atoms with Crippen molar-refractivity contribution in [2.45, 2.75) is 152 Å². The molecule has 2 aromatic rings. The third-order valence-corrected chi connectivity index (χ3v) is 10.2. The minimum Gasteiger partial charge on any atom is -0.266 e. The van der Waals surface area contributed by atoms with Crippen LogP contribution >= 0.6 is 0 Å². The molecule has 0 amide bonds. The molecule has 0 heterocycles. The van der Waals surface area contributed by atoms with Crippen LogP contribution in [0, 0.1) is 0 Å². The molecule has 0 aliphatic carbocycles. The molecule has 0 aromatic heterocycles. The number of benzene rings is 2. The first-order chi connectivity index (χ1) is 21.3. The average Bonchev–Trinajstić information content (AvgIpc) is 3.03. The molecule has 0 fully saturated rings. The molecular formula is C36H60CaNaO6S2. The Morgan fingerprint density at radius 3 is 0.913 bits per heavy atom. The Labute approximate surface area is 335 Å². The van der Waals surface area contributed by atoms with Crippen LogP contribution in [0.25, 0.3) is 0 Å². The molecule has 0 N–H and O–H groups in total. The Kier molecular flexibility index (Phi) is 34.6. The third kappa shape index (κ3) is 26.4. The van der Waals surface area contributed by atoms with Gasteiger partial charge in [0.1, 0.15) is 0 Å². The summed E-state index contributed by atoms with van der Waals surface area (Å²) in [6.07, 6.45) is 24.5. The van der Waals surface area contributed by atoms with Crippen molar-refractivity contribution in [3.05, 3.63) is 60.7 Å². The van der Waals surface area contributed by atoms with E-state index in [0.29, 0.717) is 0 Å². The molecule has 46 heavy (non-hydrogen) atoms. The average molecular weight is 716 g/mol. The Bertz CT molecular complexity index is 1040. The third-order valence-electron chi connectivity index (χ3n) is 7.54. The van der Waals surface area contributed by atoms with Gasteiger partial charge in [0.05, 0.1) is 23.0 Å². The first-order valence-corrected chi connectivity index (χ1v) is 20.0. The van der Waals surface area contributed by atoms with Crippen LogP contribution in [0.3, 0.4) is 0 Å². The van der Waals surface area contributed by atoms with Crippen molar-refractivity contribution in [3.8, 4) is 0 Å². The van der Waals surface area contributed by atoms with Crippen LogP contribution < -0.4 is 0 Å². The van der Waals surface area contributed by atoms with Gasteiger partial charge in [-0.15, -0.1) is 0 Å². The number of unbranched alkanes of at least 4 members (excludes halogenated alkanes) is 18. The zero-order chi connectivity index (χ0) is 32.2. The van der Waals surface area contributed by atoms with E-state index in [1.807, 2.05) is 0 Å². The molecule has 0 aliphatic rings. The minimum absolute atomic E-state index is 0. The quantitative estimate of drug-likeness (QED) is 0.0548. The monoisotopic (exact) mass is 715 g/mol. The predicted molar refractivity (Wildman–Crippen MR) is 194 cm³/mol. The van der Waals surface area contributed by atoms with E-state index in [4.69, 9.17) is 8.37 Å². The van der Waals surface area contributed by atoms with Crippen molar-refractivity contribution < 1.29 is 25.2 Å². The molecule has 0 spiro atoms. The molecule has 0 bridgehead atoms. The van der Waals surface area contributed by atoms with Gasteiger partial charge in [0.2, 0.25) is 0 Å². The van der Waals surface area contributed by atoms with Gasteiger partial charge in [-0.3, -0.25) is 8.37 Å². The molecular weight excluding hydrogens is 656 g/mol. The van der Waals surface area contributed by atoms with E-state index < -0.39 is 20.2 Å². The summed E-state index contributed by atoms with van der Waals surface area (Å²) >= 11 is 0. The Balaban J connectivity index is 0. The van der Waals surface area contributed by atoms with Crippen LogP contribution in [-0.4, -0.2) is 97.3 Å². The molecule has 2 rings (SSSR count). The Morgan fingerprint density at radius 1 is 0.413 bits per heavy atom. The molecule has 255 valence electrons. The van der Waals surface area contributed by atoms with Gasteiger partial charge in [-0.2, -0.15) is 16.8 Å². The van der Waals surface area contributed by atoms with Crippen molar-refractivity contribution in [1.29, 1.82) is 0 Å². The molecule has 3 radical (unpaired) electrons. The SMILES string of the molecule is CCCCCCCCCCCCOS(=O)(=O)c1ccccc1.CCCCCCCCCCCCOS(=O)(=O)c1ccccc1.[Ca].[Na]. The first kappa shape index (κ1) is 48.6. The van der Waals surface area contributed by atoms with Gasteiger partial charge >= 0.3 is 0 Å². The molecule has 0 unspecified atom stereocenters. The summed E-state index contributed by atoms with van der Waals surface area (Å²) in [7, 11) is -7.14. The maximum atomic E-state index is 11.9. The fourth-order valence-electron chi connectivity index (χ4n) is 4.83. The molecule has 10 heteroatoms. The molecule has 0 aliphatic heterocycles. The number of hydrogen-bond donors (Lipinski definition) is 0. The topological polar surface area (TPSA) is 86.7 Å². The van der Waals surface area contributed by atoms with E-state index >= 15 is 0 Å². The van der Waals surface area contributed by atoms with Crippen LogP contribution in [0.4, 0.5) is 0 Å². The Morgan fingerprint density at radius 2 is 0.652 bits per heavy atom. The maximum Gasteiger partial charge on any atom is 0.296 e. The van der Waals surface area contributed by atoms with Crippen LogP contribution in [0.1, 0.15) is 142 Å². The fourth-order valence-corrected chi connectivity index (χ4v) is 6.75. The standard InChI is InChI=1S/2C18H30O3S.Ca.Na/c2*1-2-3-4-5-6-7-8-9-10-14-17-21-22(19,20)18-15-12-11-13-16-18;;/h2*11-13,15-16H,2-10,14,17H2,1H3;;. The Hall–Kier alpha value is 0.520. The smallest absolute Gasteiger partial charge is 0.266 e. The second-order valence-electron chi connectivity index (χ2n) is 11.5. The van der Waals surface area contributed by atoms with E-state index in [-0.39, 0.29) is 90.3 Å². The second kappa shape index (κ2) is 32.7. The van der Waals surface area contributed by atoms with Gasteiger partial charge in [0.15, 0.2) is 0 Å². The van der Waals surface area contributed by atoms with Gasteiger partial charge in [0.25, 0.3) is 20.2 Å². The van der Waals surface area contributed by atoms with Gasteiger partial charge in [0, 0.05) is 67.3 Å². The zero-order valence-electron chi connectivity index (χ0n) is 29.3. The normalized spacial score (nSPS) is 11.2. The van der Waals surface area contributed by atoms with Crippen molar-refractivity contribution in [1.82, 2.24) is 0 Å². The van der Waals surface area contributed by atoms with Crippen LogP contribution in [0.15, 0.2) is 70.5 Å². The summed E-state index contributed by atoms with van der Waals surface area (Å²) in [5, 5.41) is 0. The van der Waals surface area contributed by atoms with Crippen LogP contribution in [0.2, 0.25) is 0 Å². The van der Waals surface area contributed by atoms with E-state index in [2.05, 4.69) is 13.8 Å². The number of hydrogen-bond acceptors (Lipinski definition) is 6. The van der Waals surface area contributed by atoms with E-state index in [9.17, 15) is 16.8 Å². The zero-order valence-corrected chi connectivity index (χ0v) is 35.1. The summed E-state index contributed by atoms with van der Waals surface area (Å²) in [5.41, 5.74) is 0. The summed E-state index contributed by atoms with van der Waals surface area (Å²) in [5.74, 6) is 0. The van der Waals surface area contributed by atoms with Gasteiger partial charge < -0.3 is 0 Å². The molecule has 2 aromatic carbocycles. The van der Waals surface area contributed by atoms with Crippen molar-refractivity contribution >= 4 is 87.5 Å². The number of rotatable bonds is 26. The predicted octanol–water partition coefficient (Wildman–Crippen LogP) is 9.86. The van der Waals surface area contributed by atoms with E-state index in [1.165, 1.54) is 103 Å². The summed E-state index contributed by atoms with van der Waals surface area (Å²) < 4.78 is 57.6. The second-order valence-corrected chi connectivity index (χ2v) is 14.8. The summed E-state index contributed by atoms with van der Waals surface area (Å²) in [4.78, 5) is 0.476. The van der Waals surface area contributed by atoms with Crippen LogP contribution in [-0.2, 0) is 28.6 Å². The minimum atomic E-state index is -3.57. The van der Waals surface area contributed by atoms with Crippen LogP contribution in [0.5, 0.6) is 0 Å². The molecule has 6 nitrogen and oxygen atoms in total. The summed E-state index contributed by atoms with van der Waals surface area (Å²) in [6, 6.07) is 16.7. The molecule has 0 saturated heterocycles.